The summed E-state index contributed by atoms with van der Waals surface area (Å²) in [6, 6.07) is 8.01. The van der Waals surface area contributed by atoms with Gasteiger partial charge in [0.25, 0.3) is 0 Å². The number of carbonyl (C=O) groups is 1. The first kappa shape index (κ1) is 20.5. The fraction of sp³-hybridized carbons (Fsp3) is 0.278. The lowest BCUT2D eigenvalue weighted by Crippen LogP contribution is -2.33. The first-order valence-electron chi connectivity index (χ1n) is 7.95. The summed E-state index contributed by atoms with van der Waals surface area (Å²) < 4.78 is 53.3. The maximum Gasteiger partial charge on any atom is 0.418 e. The largest absolute Gasteiger partial charge is 0.418 e. The Labute approximate surface area is 153 Å². The van der Waals surface area contributed by atoms with E-state index in [0.29, 0.717) is 5.69 Å². The van der Waals surface area contributed by atoms with Crippen molar-refractivity contribution in [1.29, 1.82) is 0 Å². The Morgan fingerprint density at radius 3 is 2.44 bits per heavy atom. The molecule has 0 bridgehead atoms. The number of nitrogens with zero attached hydrogens (tertiary/aromatic N) is 1. The fourth-order valence-electron chi connectivity index (χ4n) is 2.37. The standard InChI is InChI=1S/C18H19F4N3O2/c1-25(2)11-7-8-15(13(9-11)18(20,21)22)24-17(27)23-10-16(26)12-5-3-4-6-14(12)19/h3-9,16,26H,10H2,1-2H3,(H2,23,24,27)/t16-/m1/s1. The molecule has 0 aliphatic heterocycles. The van der Waals surface area contributed by atoms with Gasteiger partial charge in [-0.2, -0.15) is 13.2 Å². The van der Waals surface area contributed by atoms with Gasteiger partial charge >= 0.3 is 12.2 Å². The minimum Gasteiger partial charge on any atom is -0.386 e. The molecule has 0 spiro atoms. The number of benzene rings is 2. The number of hydrogen-bond donors (Lipinski definition) is 3. The number of anilines is 2. The van der Waals surface area contributed by atoms with E-state index in [1.54, 1.807) is 14.1 Å². The zero-order valence-corrected chi connectivity index (χ0v) is 14.6. The van der Waals surface area contributed by atoms with Crippen LogP contribution in [0.2, 0.25) is 0 Å². The molecule has 0 aromatic heterocycles. The first-order valence-corrected chi connectivity index (χ1v) is 7.95. The SMILES string of the molecule is CN(C)c1ccc(NC(=O)NC[C@@H](O)c2ccccc2F)c(C(F)(F)F)c1. The van der Waals surface area contributed by atoms with Crippen LogP contribution < -0.4 is 15.5 Å². The number of rotatable bonds is 5. The molecular formula is C18H19F4N3O2. The Kier molecular flexibility index (Phi) is 6.27. The summed E-state index contributed by atoms with van der Waals surface area (Å²) in [5.41, 5.74) is -1.13. The maximum atomic E-state index is 13.6. The minimum absolute atomic E-state index is 0.0240. The van der Waals surface area contributed by atoms with Crippen LogP contribution in [0.15, 0.2) is 42.5 Å². The second kappa shape index (κ2) is 8.26. The molecule has 3 N–H and O–H groups in total. The molecule has 0 radical (unpaired) electrons. The molecule has 0 unspecified atom stereocenters. The maximum absolute atomic E-state index is 13.6. The molecule has 0 saturated carbocycles. The number of aliphatic hydroxyl groups excluding tert-OH is 1. The summed E-state index contributed by atoms with van der Waals surface area (Å²) in [5, 5.41) is 14.3. The molecule has 2 amide bonds. The number of amides is 2. The quantitative estimate of drug-likeness (QED) is 0.687. The van der Waals surface area contributed by atoms with E-state index < -0.39 is 35.4 Å². The van der Waals surface area contributed by atoms with Crippen molar-refractivity contribution < 1.29 is 27.5 Å². The third kappa shape index (κ3) is 5.33. The monoisotopic (exact) mass is 385 g/mol. The van der Waals surface area contributed by atoms with E-state index in [0.717, 1.165) is 18.2 Å². The van der Waals surface area contributed by atoms with E-state index >= 15 is 0 Å². The van der Waals surface area contributed by atoms with Gasteiger partial charge in [-0.3, -0.25) is 0 Å². The van der Waals surface area contributed by atoms with Gasteiger partial charge in [0.15, 0.2) is 0 Å². The van der Waals surface area contributed by atoms with Crippen LogP contribution in [0.25, 0.3) is 0 Å². The normalized spacial score (nSPS) is 12.4. The molecule has 5 nitrogen and oxygen atoms in total. The minimum atomic E-state index is -4.67. The van der Waals surface area contributed by atoms with Crippen LogP contribution in [0, 0.1) is 5.82 Å². The molecule has 1 atom stereocenters. The van der Waals surface area contributed by atoms with E-state index in [-0.39, 0.29) is 12.1 Å². The number of hydrogen-bond acceptors (Lipinski definition) is 3. The van der Waals surface area contributed by atoms with Crippen molar-refractivity contribution in [2.24, 2.45) is 0 Å². The smallest absolute Gasteiger partial charge is 0.386 e. The van der Waals surface area contributed by atoms with Gasteiger partial charge in [0.2, 0.25) is 0 Å². The predicted octanol–water partition coefficient (Wildman–Crippen LogP) is 3.77. The van der Waals surface area contributed by atoms with Crippen molar-refractivity contribution in [3.63, 3.8) is 0 Å². The fourth-order valence-corrected chi connectivity index (χ4v) is 2.37. The Balaban J connectivity index is 2.08. The lowest BCUT2D eigenvalue weighted by atomic mass is 10.1. The predicted molar refractivity (Wildman–Crippen MR) is 94.2 cm³/mol. The highest BCUT2D eigenvalue weighted by atomic mass is 19.4. The zero-order valence-electron chi connectivity index (χ0n) is 14.6. The second-order valence-corrected chi connectivity index (χ2v) is 5.99. The molecule has 0 aliphatic carbocycles. The van der Waals surface area contributed by atoms with E-state index in [9.17, 15) is 27.5 Å². The molecule has 2 rings (SSSR count). The summed E-state index contributed by atoms with van der Waals surface area (Å²) >= 11 is 0. The van der Waals surface area contributed by atoms with Gasteiger partial charge < -0.3 is 20.6 Å². The second-order valence-electron chi connectivity index (χ2n) is 5.99. The Hall–Kier alpha value is -2.81. The Morgan fingerprint density at radius 2 is 1.85 bits per heavy atom. The van der Waals surface area contributed by atoms with Crippen LogP contribution in [0.4, 0.5) is 33.7 Å². The Morgan fingerprint density at radius 1 is 1.19 bits per heavy atom. The Bertz CT molecular complexity index is 809. The highest BCUT2D eigenvalue weighted by Crippen LogP contribution is 2.37. The molecule has 9 heteroatoms. The number of nitrogens with one attached hydrogen (secondary N) is 2. The lowest BCUT2D eigenvalue weighted by molar-refractivity contribution is -0.136. The van der Waals surface area contributed by atoms with Crippen LogP contribution in [0.5, 0.6) is 0 Å². The lowest BCUT2D eigenvalue weighted by Gasteiger charge is -2.19. The van der Waals surface area contributed by atoms with E-state index in [1.165, 1.54) is 29.2 Å². The van der Waals surface area contributed by atoms with Crippen molar-refractivity contribution in [2.45, 2.75) is 12.3 Å². The van der Waals surface area contributed by atoms with Gasteiger partial charge in [0.05, 0.1) is 17.4 Å². The van der Waals surface area contributed by atoms with Crippen LogP contribution >= 0.6 is 0 Å². The average molecular weight is 385 g/mol. The summed E-state index contributed by atoms with van der Waals surface area (Å²) in [6.45, 7) is -0.371. The molecule has 0 heterocycles. The highest BCUT2D eigenvalue weighted by Gasteiger charge is 2.34. The third-order valence-electron chi connectivity index (χ3n) is 3.79. The highest BCUT2D eigenvalue weighted by molar-refractivity contribution is 5.90. The molecule has 0 saturated heterocycles. The van der Waals surface area contributed by atoms with Crippen LogP contribution in [0.3, 0.4) is 0 Å². The molecule has 2 aromatic carbocycles. The van der Waals surface area contributed by atoms with Crippen LogP contribution in [0.1, 0.15) is 17.2 Å². The first-order chi connectivity index (χ1) is 12.6. The van der Waals surface area contributed by atoms with Crippen molar-refractivity contribution in [1.82, 2.24) is 5.32 Å². The number of urea groups is 1. The summed E-state index contributed by atoms with van der Waals surface area (Å²) in [7, 11) is 3.19. The number of aliphatic hydroxyl groups is 1. The van der Waals surface area contributed by atoms with Gasteiger partial charge in [-0.05, 0) is 24.3 Å². The summed E-state index contributed by atoms with van der Waals surface area (Å²) in [5.74, 6) is -0.647. The van der Waals surface area contributed by atoms with Crippen molar-refractivity contribution >= 4 is 17.4 Å². The molecule has 146 valence electrons. The number of carbonyl (C=O) groups excluding carboxylic acids is 1. The molecule has 0 fully saturated rings. The average Bonchev–Trinajstić information content (AvgIpc) is 2.59. The molecule has 2 aromatic rings. The molecule has 0 aliphatic rings. The summed E-state index contributed by atoms with van der Waals surface area (Å²) in [6.07, 6.45) is -6.00. The van der Waals surface area contributed by atoms with Gasteiger partial charge in [0.1, 0.15) is 5.82 Å². The number of alkyl halides is 3. The van der Waals surface area contributed by atoms with Gasteiger partial charge in [0, 0.05) is 31.9 Å². The third-order valence-corrected chi connectivity index (χ3v) is 3.79. The summed E-state index contributed by atoms with van der Waals surface area (Å²) in [4.78, 5) is 13.4. The van der Waals surface area contributed by atoms with Gasteiger partial charge in [-0.25, -0.2) is 9.18 Å². The zero-order chi connectivity index (χ0) is 20.2. The van der Waals surface area contributed by atoms with Crippen molar-refractivity contribution in [3.05, 3.63) is 59.4 Å². The molecular weight excluding hydrogens is 366 g/mol. The van der Waals surface area contributed by atoms with Crippen LogP contribution in [-0.4, -0.2) is 31.8 Å². The topological polar surface area (TPSA) is 64.6 Å². The van der Waals surface area contributed by atoms with Crippen molar-refractivity contribution in [3.8, 4) is 0 Å². The number of halogens is 4. The molecule has 27 heavy (non-hydrogen) atoms. The van der Waals surface area contributed by atoms with Crippen molar-refractivity contribution in [2.75, 3.05) is 30.9 Å². The van der Waals surface area contributed by atoms with E-state index in [4.69, 9.17) is 0 Å². The van der Waals surface area contributed by atoms with E-state index in [2.05, 4.69) is 10.6 Å². The van der Waals surface area contributed by atoms with Gasteiger partial charge in [-0.15, -0.1) is 0 Å². The van der Waals surface area contributed by atoms with E-state index in [1.807, 2.05) is 0 Å². The van der Waals surface area contributed by atoms with Gasteiger partial charge in [-0.1, -0.05) is 18.2 Å². The van der Waals surface area contributed by atoms with Crippen LogP contribution in [-0.2, 0) is 6.18 Å².